The first kappa shape index (κ1) is 36.3. The maximum atomic E-state index is 6.82. The predicted octanol–water partition coefficient (Wildman–Crippen LogP) is 14.5. The van der Waals surface area contributed by atoms with Gasteiger partial charge in [0.25, 0.3) is 0 Å². The second-order valence-corrected chi connectivity index (χ2v) is 17.5. The summed E-state index contributed by atoms with van der Waals surface area (Å²) < 4.78 is 6.82. The van der Waals surface area contributed by atoms with Crippen LogP contribution in [0.1, 0.15) is 63.8 Å². The van der Waals surface area contributed by atoms with Crippen molar-refractivity contribution in [2.75, 3.05) is 21.4 Å². The van der Waals surface area contributed by atoms with Gasteiger partial charge in [0.15, 0.2) is 0 Å². The molecule has 0 aliphatic carbocycles. The van der Waals surface area contributed by atoms with Gasteiger partial charge in [0.05, 0.1) is 22.7 Å². The highest BCUT2D eigenvalue weighted by atomic mass is 16.5. The van der Waals surface area contributed by atoms with Gasteiger partial charge in [-0.15, -0.1) is 0 Å². The van der Waals surface area contributed by atoms with Crippen molar-refractivity contribution in [1.29, 1.82) is 0 Å². The maximum absolute atomic E-state index is 6.82. The molecule has 5 heteroatoms. The summed E-state index contributed by atoms with van der Waals surface area (Å²) >= 11 is 0. The third-order valence-electron chi connectivity index (χ3n) is 11.6. The standard InChI is InChI=1S/C52H50N4O/c1-34-28-45-43-17-10-9-16-42(43)44-25-24-41(32-49(44)56(48(45)29-35(34)2)50-30-37(26-27-53-50)52(6,7)8)57-40-15-13-14-39(31-40)55-33-54(46-18-11-12-19-47(46)55)38-22-20-36(21-23-38)51(3,4)5/h9-32H,33H2,1-8H3. The smallest absolute Gasteiger partial charge is 0.137 e. The Morgan fingerprint density at radius 3 is 1.79 bits per heavy atom. The molecule has 7 aromatic rings. The van der Waals surface area contributed by atoms with Crippen LogP contribution in [-0.2, 0) is 10.8 Å². The molecule has 0 atom stereocenters. The fraction of sp³-hybridized carbons (Fsp3) is 0.212. The van der Waals surface area contributed by atoms with Crippen molar-refractivity contribution in [3.05, 3.63) is 168 Å². The van der Waals surface area contributed by atoms with Crippen LogP contribution in [0.5, 0.6) is 11.5 Å². The van der Waals surface area contributed by atoms with E-state index in [4.69, 9.17) is 9.72 Å². The molecule has 0 unspecified atom stereocenters. The summed E-state index contributed by atoms with van der Waals surface area (Å²) in [6.07, 6.45) is 1.94. The Labute approximate surface area is 337 Å². The SMILES string of the molecule is Cc1cc2c(cc1C)N(c1cc(C(C)(C)C)ccn1)c1cc(Oc3cccc(N4CN(c5ccc(C(C)(C)C)cc5)c5ccccc54)c3)ccc1-c1ccccc1-2. The van der Waals surface area contributed by atoms with E-state index in [0.717, 1.165) is 39.9 Å². The van der Waals surface area contributed by atoms with Gasteiger partial charge in [0, 0.05) is 40.8 Å². The molecule has 0 N–H and O–H groups in total. The van der Waals surface area contributed by atoms with E-state index < -0.39 is 0 Å². The first-order valence-electron chi connectivity index (χ1n) is 20.0. The molecule has 0 amide bonds. The van der Waals surface area contributed by atoms with Crippen LogP contribution in [-0.4, -0.2) is 11.7 Å². The van der Waals surface area contributed by atoms with Crippen LogP contribution in [0.2, 0.25) is 0 Å². The lowest BCUT2D eigenvalue weighted by molar-refractivity contribution is 0.483. The molecule has 2 aliphatic heterocycles. The lowest BCUT2D eigenvalue weighted by atomic mass is 9.87. The van der Waals surface area contributed by atoms with Crippen molar-refractivity contribution < 1.29 is 4.74 Å². The van der Waals surface area contributed by atoms with E-state index in [1.165, 1.54) is 56.0 Å². The van der Waals surface area contributed by atoms with Crippen molar-refractivity contribution in [3.63, 3.8) is 0 Å². The van der Waals surface area contributed by atoms with E-state index in [9.17, 15) is 0 Å². The van der Waals surface area contributed by atoms with Gasteiger partial charge in [-0.05, 0) is 131 Å². The zero-order chi connectivity index (χ0) is 39.6. The number of benzene rings is 6. The summed E-state index contributed by atoms with van der Waals surface area (Å²) in [5.74, 6) is 2.42. The number of para-hydroxylation sites is 2. The van der Waals surface area contributed by atoms with Crippen LogP contribution in [0.4, 0.5) is 39.9 Å². The number of nitrogens with zero attached hydrogens (tertiary/aromatic N) is 4. The van der Waals surface area contributed by atoms with E-state index in [1.54, 1.807) is 0 Å². The maximum Gasteiger partial charge on any atom is 0.137 e. The fourth-order valence-corrected chi connectivity index (χ4v) is 8.17. The molecule has 0 radical (unpaired) electrons. The van der Waals surface area contributed by atoms with Crippen LogP contribution in [0, 0.1) is 13.8 Å². The summed E-state index contributed by atoms with van der Waals surface area (Å²) in [6.45, 7) is 18.6. The highest BCUT2D eigenvalue weighted by Gasteiger charge is 2.30. The van der Waals surface area contributed by atoms with Crippen LogP contribution >= 0.6 is 0 Å². The Bertz CT molecular complexity index is 2650. The van der Waals surface area contributed by atoms with Crippen molar-refractivity contribution in [3.8, 4) is 33.8 Å². The number of fused-ring (bicyclic) bond motifs is 6. The Morgan fingerprint density at radius 2 is 1.09 bits per heavy atom. The van der Waals surface area contributed by atoms with E-state index in [2.05, 4.69) is 204 Å². The van der Waals surface area contributed by atoms with Gasteiger partial charge in [0.2, 0.25) is 0 Å². The van der Waals surface area contributed by atoms with Gasteiger partial charge >= 0.3 is 0 Å². The number of ether oxygens (including phenoxy) is 1. The molecule has 0 saturated heterocycles. The average molecular weight is 747 g/mol. The van der Waals surface area contributed by atoms with Crippen molar-refractivity contribution >= 4 is 39.9 Å². The van der Waals surface area contributed by atoms with Gasteiger partial charge in [-0.25, -0.2) is 4.98 Å². The third-order valence-corrected chi connectivity index (χ3v) is 11.6. The number of hydrogen-bond donors (Lipinski definition) is 0. The molecule has 1 aromatic heterocycles. The zero-order valence-corrected chi connectivity index (χ0v) is 34.3. The van der Waals surface area contributed by atoms with Crippen molar-refractivity contribution in [2.45, 2.75) is 66.2 Å². The number of pyridine rings is 1. The van der Waals surface area contributed by atoms with Gasteiger partial charge in [-0.1, -0.05) is 96.1 Å². The molecule has 0 bridgehead atoms. The number of anilines is 7. The quantitative estimate of drug-likeness (QED) is 0.175. The molecular formula is C52H50N4O. The van der Waals surface area contributed by atoms with Crippen LogP contribution in [0.3, 0.4) is 0 Å². The molecule has 9 rings (SSSR count). The van der Waals surface area contributed by atoms with E-state index in [1.807, 2.05) is 12.3 Å². The molecule has 6 aromatic carbocycles. The summed E-state index contributed by atoms with van der Waals surface area (Å²) in [4.78, 5) is 12.1. The second-order valence-electron chi connectivity index (χ2n) is 17.5. The normalized spacial score (nSPS) is 13.4. The lowest BCUT2D eigenvalue weighted by Crippen LogP contribution is -2.24. The van der Waals surface area contributed by atoms with Gasteiger partial charge in [0.1, 0.15) is 24.0 Å². The molecule has 0 fully saturated rings. The molecule has 3 heterocycles. The summed E-state index contributed by atoms with van der Waals surface area (Å²) in [5, 5.41) is 0. The highest BCUT2D eigenvalue weighted by Crippen LogP contribution is 2.52. The molecule has 0 saturated carbocycles. The minimum absolute atomic E-state index is 0.0406. The Hall–Kier alpha value is -6.33. The third kappa shape index (κ3) is 6.61. The summed E-state index contributed by atoms with van der Waals surface area (Å²) in [6, 6.07) is 50.3. The number of rotatable bonds is 5. The molecule has 5 nitrogen and oxygen atoms in total. The first-order valence-corrected chi connectivity index (χ1v) is 20.0. The number of hydrogen-bond acceptors (Lipinski definition) is 5. The zero-order valence-electron chi connectivity index (χ0n) is 34.3. The lowest BCUT2D eigenvalue weighted by Gasteiger charge is -2.29. The second kappa shape index (κ2) is 13.7. The first-order chi connectivity index (χ1) is 27.3. The molecule has 0 spiro atoms. The number of aromatic nitrogens is 1. The van der Waals surface area contributed by atoms with E-state index in [-0.39, 0.29) is 10.8 Å². The topological polar surface area (TPSA) is 31.8 Å². The summed E-state index contributed by atoms with van der Waals surface area (Å²) in [7, 11) is 0. The van der Waals surface area contributed by atoms with E-state index >= 15 is 0 Å². The molecular weight excluding hydrogens is 697 g/mol. The number of aryl methyl sites for hydroxylation is 2. The van der Waals surface area contributed by atoms with Gasteiger partial charge in [-0.2, -0.15) is 0 Å². The fourth-order valence-electron chi connectivity index (χ4n) is 8.17. The highest BCUT2D eigenvalue weighted by molar-refractivity contribution is 6.02. The summed E-state index contributed by atoms with van der Waals surface area (Å²) in [5.41, 5.74) is 16.6. The Balaban J connectivity index is 1.11. The molecule has 284 valence electrons. The Morgan fingerprint density at radius 1 is 0.474 bits per heavy atom. The monoisotopic (exact) mass is 746 g/mol. The van der Waals surface area contributed by atoms with Crippen LogP contribution < -0.4 is 19.4 Å². The van der Waals surface area contributed by atoms with Crippen LogP contribution in [0.15, 0.2) is 146 Å². The van der Waals surface area contributed by atoms with Crippen molar-refractivity contribution in [2.24, 2.45) is 0 Å². The van der Waals surface area contributed by atoms with Gasteiger partial charge < -0.3 is 14.5 Å². The molecule has 2 aliphatic rings. The minimum Gasteiger partial charge on any atom is -0.457 e. The largest absolute Gasteiger partial charge is 0.457 e. The average Bonchev–Trinajstić information content (AvgIpc) is 3.54. The Kier molecular flexibility index (Phi) is 8.73. The predicted molar refractivity (Wildman–Crippen MR) is 239 cm³/mol. The minimum atomic E-state index is -0.0406. The van der Waals surface area contributed by atoms with Gasteiger partial charge in [-0.3, -0.25) is 4.90 Å². The van der Waals surface area contributed by atoms with Crippen LogP contribution in [0.25, 0.3) is 22.3 Å². The van der Waals surface area contributed by atoms with E-state index in [0.29, 0.717) is 6.67 Å². The van der Waals surface area contributed by atoms with Crippen molar-refractivity contribution in [1.82, 2.24) is 4.98 Å². The molecule has 57 heavy (non-hydrogen) atoms.